The van der Waals surface area contributed by atoms with Crippen LogP contribution in [0.2, 0.25) is 0 Å². The number of benzene rings is 2. The van der Waals surface area contributed by atoms with Crippen molar-refractivity contribution < 1.29 is 85.2 Å². The van der Waals surface area contributed by atoms with Gasteiger partial charge in [0.15, 0.2) is 11.6 Å². The average Bonchev–Trinajstić information content (AvgIpc) is 2.71. The normalized spacial score (nSPS) is 11.2. The number of hydrogen-bond donors (Lipinski definition) is 0. The summed E-state index contributed by atoms with van der Waals surface area (Å²) in [5.41, 5.74) is 1.02. The Morgan fingerprint density at radius 3 is 1.27 bits per heavy atom. The first-order valence-electron chi connectivity index (χ1n) is 9.50. The van der Waals surface area contributed by atoms with E-state index in [-0.39, 0.29) is 88.5 Å². The molecular formula is C24H24O4Y2+4. The second kappa shape index (κ2) is 16.7. The number of ketones is 2. The molecule has 0 saturated heterocycles. The molecule has 30 heavy (non-hydrogen) atoms. The van der Waals surface area contributed by atoms with Gasteiger partial charge in [-0.25, -0.2) is 0 Å². The molecule has 0 saturated carbocycles. The first-order chi connectivity index (χ1) is 13.6. The largest absolute Gasteiger partial charge is 3.00 e. The minimum Gasteiger partial charge on any atom is -0.872 e. The molecule has 2 aromatic rings. The van der Waals surface area contributed by atoms with E-state index >= 15 is 0 Å². The molecule has 0 aliphatic heterocycles. The zero-order valence-corrected chi connectivity index (χ0v) is 22.6. The summed E-state index contributed by atoms with van der Waals surface area (Å²) >= 11 is 0. The molecule has 0 radical (unpaired) electrons. The Morgan fingerprint density at radius 1 is 0.600 bits per heavy atom. The van der Waals surface area contributed by atoms with Gasteiger partial charge >= 0.3 is 65.4 Å². The van der Waals surface area contributed by atoms with Crippen LogP contribution in [0.4, 0.5) is 0 Å². The first-order valence-corrected chi connectivity index (χ1v) is 9.50. The third kappa shape index (κ3) is 11.5. The van der Waals surface area contributed by atoms with Crippen molar-refractivity contribution in [2.24, 2.45) is 0 Å². The summed E-state index contributed by atoms with van der Waals surface area (Å²) in [5, 5.41) is 23.8. The molecule has 0 aromatic heterocycles. The SMILES string of the molecule is O=C(/C=C(\[O-])c1ccccc1)CCCCCCC(=O)/C=C(\[O-])c1ccccc1.[Y+3].[Y+3]. The van der Waals surface area contributed by atoms with Crippen molar-refractivity contribution in [3.8, 4) is 0 Å². The Labute approximate surface area is 228 Å². The van der Waals surface area contributed by atoms with Gasteiger partial charge in [0.2, 0.25) is 0 Å². The molecule has 2 rings (SSSR count). The van der Waals surface area contributed by atoms with E-state index in [4.69, 9.17) is 0 Å². The van der Waals surface area contributed by atoms with Gasteiger partial charge in [-0.3, -0.25) is 9.59 Å². The van der Waals surface area contributed by atoms with E-state index in [1.807, 2.05) is 12.1 Å². The van der Waals surface area contributed by atoms with Crippen molar-refractivity contribution in [1.29, 1.82) is 0 Å². The van der Waals surface area contributed by atoms with Crippen molar-refractivity contribution >= 4 is 23.1 Å². The Hall–Kier alpha value is -0.932. The number of rotatable bonds is 11. The Balaban J connectivity index is 0.00000420. The van der Waals surface area contributed by atoms with Crippen LogP contribution in [0.5, 0.6) is 0 Å². The van der Waals surface area contributed by atoms with Crippen LogP contribution in [-0.4, -0.2) is 11.6 Å². The van der Waals surface area contributed by atoms with Gasteiger partial charge in [-0.2, -0.15) is 0 Å². The molecule has 0 amide bonds. The van der Waals surface area contributed by atoms with Gasteiger partial charge in [-0.05, 0) is 36.1 Å². The van der Waals surface area contributed by atoms with Crippen LogP contribution < -0.4 is 10.2 Å². The molecular weight excluding hydrogens is 530 g/mol. The van der Waals surface area contributed by atoms with E-state index in [2.05, 4.69) is 0 Å². The fourth-order valence-corrected chi connectivity index (χ4v) is 2.76. The maximum absolute atomic E-state index is 11.9. The molecule has 0 aliphatic rings. The fourth-order valence-electron chi connectivity index (χ4n) is 2.76. The minimum absolute atomic E-state index is 0. The molecule has 0 heterocycles. The van der Waals surface area contributed by atoms with Crippen LogP contribution in [0.15, 0.2) is 72.8 Å². The van der Waals surface area contributed by atoms with Gasteiger partial charge < -0.3 is 10.2 Å². The molecule has 6 heteroatoms. The van der Waals surface area contributed by atoms with Gasteiger partial charge in [-0.15, -0.1) is 0 Å². The van der Waals surface area contributed by atoms with Crippen molar-refractivity contribution in [2.75, 3.05) is 0 Å². The summed E-state index contributed by atoms with van der Waals surface area (Å²) < 4.78 is 0. The number of hydrogen-bond acceptors (Lipinski definition) is 4. The van der Waals surface area contributed by atoms with Gasteiger partial charge in [-0.1, -0.05) is 85.0 Å². The molecule has 146 valence electrons. The zero-order valence-electron chi connectivity index (χ0n) is 17.0. The van der Waals surface area contributed by atoms with Crippen LogP contribution in [0.3, 0.4) is 0 Å². The summed E-state index contributed by atoms with van der Waals surface area (Å²) in [6, 6.07) is 17.4. The third-order valence-electron chi connectivity index (χ3n) is 4.30. The van der Waals surface area contributed by atoms with Crippen molar-refractivity contribution in [2.45, 2.75) is 38.5 Å². The number of carbonyl (C=O) groups excluding carboxylic acids is 2. The van der Waals surface area contributed by atoms with Crippen LogP contribution in [0.25, 0.3) is 11.5 Å². The second-order valence-corrected chi connectivity index (χ2v) is 6.60. The molecule has 0 bridgehead atoms. The summed E-state index contributed by atoms with van der Waals surface area (Å²) in [7, 11) is 0. The van der Waals surface area contributed by atoms with E-state index in [1.165, 1.54) is 0 Å². The van der Waals surface area contributed by atoms with E-state index in [0.717, 1.165) is 25.0 Å². The van der Waals surface area contributed by atoms with Crippen molar-refractivity contribution in [1.82, 2.24) is 0 Å². The topological polar surface area (TPSA) is 80.3 Å². The minimum atomic E-state index is -0.269. The van der Waals surface area contributed by atoms with E-state index < -0.39 is 0 Å². The summed E-state index contributed by atoms with van der Waals surface area (Å²) in [5.74, 6) is -0.886. The van der Waals surface area contributed by atoms with Gasteiger partial charge in [0.25, 0.3) is 0 Å². The summed E-state index contributed by atoms with van der Waals surface area (Å²) in [4.78, 5) is 23.7. The van der Waals surface area contributed by atoms with E-state index in [0.29, 0.717) is 36.8 Å². The second-order valence-electron chi connectivity index (χ2n) is 6.60. The van der Waals surface area contributed by atoms with E-state index in [9.17, 15) is 19.8 Å². The fraction of sp³-hybridized carbons (Fsp3) is 0.250. The maximum atomic E-state index is 11.9. The molecule has 0 fully saturated rings. The Morgan fingerprint density at radius 2 is 0.933 bits per heavy atom. The van der Waals surface area contributed by atoms with Crippen LogP contribution in [0.1, 0.15) is 49.7 Å². The molecule has 0 spiro atoms. The molecule has 0 N–H and O–H groups in total. The standard InChI is InChI=1S/C24H26O4.2Y/c25-21(17-23(27)19-11-5-3-6-12-19)15-9-1-2-10-16-22(26)18-24(28)20-13-7-4-8-14-20;;/h3-8,11-14,17-18,27-28H,1-2,9-10,15-16H2;;/q;2*+3/p-2/b23-17-,24-18-;;. The molecule has 0 aliphatic carbocycles. The molecule has 0 unspecified atom stereocenters. The molecule has 4 nitrogen and oxygen atoms in total. The molecule has 2 aromatic carbocycles. The van der Waals surface area contributed by atoms with Gasteiger partial charge in [0.1, 0.15) is 0 Å². The number of allylic oxidation sites excluding steroid dienone is 2. The Kier molecular flexibility index (Phi) is 16.2. The first kappa shape index (κ1) is 29.1. The Bertz CT molecular complexity index is 759. The summed E-state index contributed by atoms with van der Waals surface area (Å²) in [6.45, 7) is 0. The smallest absolute Gasteiger partial charge is 0.872 e. The van der Waals surface area contributed by atoms with Crippen molar-refractivity contribution in [3.05, 3.63) is 83.9 Å². The van der Waals surface area contributed by atoms with Crippen molar-refractivity contribution in [3.63, 3.8) is 0 Å². The van der Waals surface area contributed by atoms with Crippen LogP contribution in [0, 0.1) is 0 Å². The average molecular weight is 554 g/mol. The number of carbonyl (C=O) groups is 2. The van der Waals surface area contributed by atoms with Gasteiger partial charge in [0.05, 0.1) is 0 Å². The van der Waals surface area contributed by atoms with E-state index in [1.54, 1.807) is 48.5 Å². The predicted octanol–water partition coefficient (Wildman–Crippen LogP) is 3.26. The quantitative estimate of drug-likeness (QED) is 0.243. The monoisotopic (exact) mass is 554 g/mol. The van der Waals surface area contributed by atoms with Gasteiger partial charge in [0, 0.05) is 12.8 Å². The van der Waals surface area contributed by atoms with Crippen LogP contribution in [-0.2, 0) is 75.0 Å². The third-order valence-corrected chi connectivity index (χ3v) is 4.30. The molecule has 0 atom stereocenters. The zero-order chi connectivity index (χ0) is 20.2. The maximum Gasteiger partial charge on any atom is 3.00 e. The van der Waals surface area contributed by atoms with Crippen LogP contribution >= 0.6 is 0 Å². The predicted molar refractivity (Wildman–Crippen MR) is 107 cm³/mol. The number of unbranched alkanes of at least 4 members (excludes halogenated alkanes) is 3. The summed E-state index contributed by atoms with van der Waals surface area (Å²) in [6.07, 6.45) is 5.93.